The molecule has 2 nitrogen and oxygen atoms in total. The minimum absolute atomic E-state index is 0.410. The van der Waals surface area contributed by atoms with Crippen molar-refractivity contribution >= 4 is 40.4 Å². The van der Waals surface area contributed by atoms with Gasteiger partial charge in [0.25, 0.3) is 0 Å². The van der Waals surface area contributed by atoms with Gasteiger partial charge in [0.05, 0.1) is 22.6 Å². The molecule has 110 valence electrons. The quantitative estimate of drug-likeness (QED) is 0.606. The lowest BCUT2D eigenvalue weighted by Gasteiger charge is -2.24. The molecule has 0 saturated carbocycles. The standard InChI is InChI=1S/C14H10ClF3N2S/c1-19-10-4-7(14(16,17)18)5-12-13(10)20-9-3-2-8(15)6-11(9)21-12/h2-6,19-20H,1H3. The molecule has 0 unspecified atom stereocenters. The third kappa shape index (κ3) is 2.65. The number of benzene rings is 2. The van der Waals surface area contributed by atoms with Gasteiger partial charge in [-0.2, -0.15) is 13.2 Å². The molecule has 0 aliphatic carbocycles. The molecule has 0 spiro atoms. The summed E-state index contributed by atoms with van der Waals surface area (Å²) < 4.78 is 38.9. The van der Waals surface area contributed by atoms with Gasteiger partial charge >= 0.3 is 6.18 Å². The molecule has 7 heteroatoms. The highest BCUT2D eigenvalue weighted by atomic mass is 35.5. The predicted molar refractivity (Wildman–Crippen MR) is 79.8 cm³/mol. The molecule has 2 aromatic carbocycles. The summed E-state index contributed by atoms with van der Waals surface area (Å²) in [5.74, 6) is 0. The van der Waals surface area contributed by atoms with E-state index in [2.05, 4.69) is 10.6 Å². The van der Waals surface area contributed by atoms with Crippen molar-refractivity contribution in [2.24, 2.45) is 0 Å². The fourth-order valence-electron chi connectivity index (χ4n) is 2.12. The van der Waals surface area contributed by atoms with Gasteiger partial charge in [0.2, 0.25) is 0 Å². The topological polar surface area (TPSA) is 24.1 Å². The van der Waals surface area contributed by atoms with Gasteiger partial charge in [0, 0.05) is 21.9 Å². The summed E-state index contributed by atoms with van der Waals surface area (Å²) in [7, 11) is 1.60. The second-order valence-electron chi connectivity index (χ2n) is 4.51. The summed E-state index contributed by atoms with van der Waals surface area (Å²) in [6.07, 6.45) is -4.38. The van der Waals surface area contributed by atoms with Gasteiger partial charge in [-0.1, -0.05) is 23.4 Å². The molecule has 1 aliphatic rings. The number of halogens is 4. The summed E-state index contributed by atoms with van der Waals surface area (Å²) in [5.41, 5.74) is 1.21. The first-order valence-corrected chi connectivity index (χ1v) is 7.25. The second kappa shape index (κ2) is 5.03. The highest BCUT2D eigenvalue weighted by molar-refractivity contribution is 7.99. The Bertz CT molecular complexity index is 716. The van der Waals surface area contributed by atoms with Gasteiger partial charge in [-0.25, -0.2) is 0 Å². The number of alkyl halides is 3. The first-order chi connectivity index (χ1) is 9.88. The lowest BCUT2D eigenvalue weighted by Crippen LogP contribution is -2.10. The molecular weight excluding hydrogens is 321 g/mol. The zero-order chi connectivity index (χ0) is 15.2. The van der Waals surface area contributed by atoms with E-state index in [-0.39, 0.29) is 0 Å². The van der Waals surface area contributed by atoms with Gasteiger partial charge in [-0.3, -0.25) is 0 Å². The lowest BCUT2D eigenvalue weighted by atomic mass is 10.1. The summed E-state index contributed by atoms with van der Waals surface area (Å²) >= 11 is 7.20. The van der Waals surface area contributed by atoms with Crippen LogP contribution in [0.5, 0.6) is 0 Å². The zero-order valence-electron chi connectivity index (χ0n) is 10.8. The van der Waals surface area contributed by atoms with E-state index in [1.807, 2.05) is 6.07 Å². The Morgan fingerprint density at radius 2 is 1.90 bits per heavy atom. The largest absolute Gasteiger partial charge is 0.416 e. The highest BCUT2D eigenvalue weighted by Crippen LogP contribution is 2.49. The molecule has 0 aromatic heterocycles. The van der Waals surface area contributed by atoms with Crippen molar-refractivity contribution in [3.05, 3.63) is 40.9 Å². The molecule has 2 N–H and O–H groups in total. The molecule has 0 saturated heterocycles. The zero-order valence-corrected chi connectivity index (χ0v) is 12.4. The minimum atomic E-state index is -4.38. The van der Waals surface area contributed by atoms with Crippen LogP contribution in [-0.2, 0) is 6.18 Å². The number of nitrogens with one attached hydrogen (secondary N) is 2. The Hall–Kier alpha value is -1.53. The van der Waals surface area contributed by atoms with E-state index in [4.69, 9.17) is 11.6 Å². The Morgan fingerprint density at radius 3 is 2.57 bits per heavy atom. The lowest BCUT2D eigenvalue weighted by molar-refractivity contribution is -0.137. The molecule has 21 heavy (non-hydrogen) atoms. The van der Waals surface area contributed by atoms with E-state index in [1.54, 1.807) is 19.2 Å². The first-order valence-electron chi connectivity index (χ1n) is 6.06. The van der Waals surface area contributed by atoms with Crippen LogP contribution in [-0.4, -0.2) is 7.05 Å². The number of rotatable bonds is 1. The van der Waals surface area contributed by atoms with Gasteiger partial charge in [-0.05, 0) is 30.3 Å². The van der Waals surface area contributed by atoms with Crippen molar-refractivity contribution in [1.29, 1.82) is 0 Å². The fraction of sp³-hybridized carbons (Fsp3) is 0.143. The fourth-order valence-corrected chi connectivity index (χ4v) is 3.46. The molecule has 0 bridgehead atoms. The van der Waals surface area contributed by atoms with E-state index in [1.165, 1.54) is 11.8 Å². The Labute approximate surface area is 128 Å². The molecule has 2 aromatic rings. The van der Waals surface area contributed by atoms with Crippen LogP contribution >= 0.6 is 23.4 Å². The van der Waals surface area contributed by atoms with Gasteiger partial charge in [0.15, 0.2) is 0 Å². The maximum Gasteiger partial charge on any atom is 0.416 e. The van der Waals surface area contributed by atoms with Gasteiger partial charge in [0.1, 0.15) is 0 Å². The Kier molecular flexibility index (Phi) is 3.45. The monoisotopic (exact) mass is 330 g/mol. The summed E-state index contributed by atoms with van der Waals surface area (Å²) in [4.78, 5) is 1.32. The van der Waals surface area contributed by atoms with Crippen LogP contribution in [0.3, 0.4) is 0 Å². The molecule has 0 radical (unpaired) electrons. The van der Waals surface area contributed by atoms with Crippen molar-refractivity contribution in [3.8, 4) is 0 Å². The summed E-state index contributed by atoms with van der Waals surface area (Å²) in [6, 6.07) is 7.54. The third-order valence-corrected chi connectivity index (χ3v) is 4.46. The average Bonchev–Trinajstić information content (AvgIpc) is 2.42. The van der Waals surface area contributed by atoms with E-state index in [0.29, 0.717) is 21.3 Å². The van der Waals surface area contributed by atoms with Crippen LogP contribution in [0, 0.1) is 0 Å². The van der Waals surface area contributed by atoms with Crippen LogP contribution in [0.2, 0.25) is 5.02 Å². The molecule has 3 rings (SSSR count). The summed E-state index contributed by atoms with van der Waals surface area (Å²) in [6.45, 7) is 0. The molecular formula is C14H10ClF3N2S. The first kappa shape index (κ1) is 14.4. The molecule has 0 fully saturated rings. The Balaban J connectivity index is 2.13. The molecule has 0 atom stereocenters. The smallest absolute Gasteiger partial charge is 0.386 e. The second-order valence-corrected chi connectivity index (χ2v) is 6.03. The average molecular weight is 331 g/mol. The van der Waals surface area contributed by atoms with E-state index in [0.717, 1.165) is 22.7 Å². The van der Waals surface area contributed by atoms with Gasteiger partial charge in [-0.15, -0.1) is 0 Å². The number of anilines is 3. The highest BCUT2D eigenvalue weighted by Gasteiger charge is 2.33. The van der Waals surface area contributed by atoms with Crippen molar-refractivity contribution < 1.29 is 13.2 Å². The van der Waals surface area contributed by atoms with Crippen molar-refractivity contribution in [1.82, 2.24) is 0 Å². The van der Waals surface area contributed by atoms with Crippen molar-refractivity contribution in [2.75, 3.05) is 17.7 Å². The van der Waals surface area contributed by atoms with Gasteiger partial charge < -0.3 is 10.6 Å². The summed E-state index contributed by atoms with van der Waals surface area (Å²) in [5, 5.41) is 6.51. The molecule has 1 aliphatic heterocycles. The van der Waals surface area contributed by atoms with Crippen LogP contribution in [0.1, 0.15) is 5.56 Å². The Morgan fingerprint density at radius 1 is 1.14 bits per heavy atom. The maximum absolute atomic E-state index is 13.0. The van der Waals surface area contributed by atoms with Crippen molar-refractivity contribution in [3.63, 3.8) is 0 Å². The number of hydrogen-bond donors (Lipinski definition) is 2. The minimum Gasteiger partial charge on any atom is -0.386 e. The van der Waals surface area contributed by atoms with Crippen LogP contribution in [0.4, 0.5) is 30.2 Å². The number of hydrogen-bond acceptors (Lipinski definition) is 3. The van der Waals surface area contributed by atoms with Crippen LogP contribution in [0.25, 0.3) is 0 Å². The maximum atomic E-state index is 13.0. The number of fused-ring (bicyclic) bond motifs is 2. The van der Waals surface area contributed by atoms with E-state index < -0.39 is 11.7 Å². The van der Waals surface area contributed by atoms with E-state index in [9.17, 15) is 13.2 Å². The molecule has 0 amide bonds. The normalized spacial score (nSPS) is 13.2. The third-order valence-electron chi connectivity index (χ3n) is 3.12. The van der Waals surface area contributed by atoms with Crippen LogP contribution in [0.15, 0.2) is 40.1 Å². The van der Waals surface area contributed by atoms with E-state index >= 15 is 0 Å². The van der Waals surface area contributed by atoms with Crippen LogP contribution < -0.4 is 10.6 Å². The predicted octanol–water partition coefficient (Wildman–Crippen LogP) is 5.61. The molecule has 1 heterocycles. The van der Waals surface area contributed by atoms with Crippen molar-refractivity contribution in [2.45, 2.75) is 16.0 Å². The SMILES string of the molecule is CNc1cc(C(F)(F)F)cc2c1Nc1ccc(Cl)cc1S2.